The topological polar surface area (TPSA) is 61.6 Å². The van der Waals surface area contributed by atoms with Gasteiger partial charge in [0.2, 0.25) is 0 Å². The summed E-state index contributed by atoms with van der Waals surface area (Å²) in [5.41, 5.74) is -0.205. The van der Waals surface area contributed by atoms with Crippen molar-refractivity contribution in [3.63, 3.8) is 0 Å². The third-order valence-corrected chi connectivity index (χ3v) is 5.05. The summed E-state index contributed by atoms with van der Waals surface area (Å²) in [5.74, 6) is -0.417. The predicted octanol–water partition coefficient (Wildman–Crippen LogP) is 2.78. The number of rotatable bonds is 1. The van der Waals surface area contributed by atoms with Crippen molar-refractivity contribution in [1.82, 2.24) is 4.98 Å². The van der Waals surface area contributed by atoms with Crippen LogP contribution in [-0.2, 0) is 9.31 Å². The van der Waals surface area contributed by atoms with Crippen molar-refractivity contribution in [3.05, 3.63) is 46.7 Å². The fraction of sp³-hybridized carbons (Fsp3) is 0.333. The molecule has 7 heteroatoms. The minimum atomic E-state index is -0.635. The van der Waals surface area contributed by atoms with Crippen LogP contribution < -0.4 is 11.1 Å². The van der Waals surface area contributed by atoms with E-state index in [0.29, 0.717) is 21.9 Å². The first-order valence-corrected chi connectivity index (χ1v) is 8.06. The molecule has 1 aliphatic rings. The number of hydrogen-bond acceptors (Lipinski definition) is 5. The second-order valence-corrected chi connectivity index (χ2v) is 7.28. The van der Waals surface area contributed by atoms with E-state index in [1.807, 2.05) is 27.7 Å². The van der Waals surface area contributed by atoms with Crippen LogP contribution in [-0.4, -0.2) is 23.3 Å². The lowest BCUT2D eigenvalue weighted by Gasteiger charge is -2.32. The Bertz CT molecular complexity index is 1040. The maximum absolute atomic E-state index is 13.6. The Morgan fingerprint density at radius 1 is 1.04 bits per heavy atom. The van der Waals surface area contributed by atoms with Gasteiger partial charge < -0.3 is 13.7 Å². The quantitative estimate of drug-likeness (QED) is 0.387. The van der Waals surface area contributed by atoms with E-state index in [4.69, 9.17) is 13.7 Å². The average Bonchev–Trinajstić information content (AvgIpc) is 2.76. The number of pyridine rings is 1. The maximum atomic E-state index is 13.6. The van der Waals surface area contributed by atoms with Crippen molar-refractivity contribution >= 4 is 34.5 Å². The number of hydrogen-bond donors (Lipinski definition) is 0. The Kier molecular flexibility index (Phi) is 3.33. The van der Waals surface area contributed by atoms with E-state index < -0.39 is 29.8 Å². The van der Waals surface area contributed by atoms with E-state index in [0.717, 1.165) is 0 Å². The van der Waals surface area contributed by atoms with E-state index in [2.05, 4.69) is 4.98 Å². The molecule has 1 aromatic carbocycles. The smallest absolute Gasteiger partial charge is 0.422 e. The molecular formula is C18H17BFNO4. The molecule has 2 aromatic heterocycles. The first-order chi connectivity index (χ1) is 11.7. The van der Waals surface area contributed by atoms with Crippen LogP contribution in [0.25, 0.3) is 21.9 Å². The highest BCUT2D eigenvalue weighted by Gasteiger charge is 2.51. The van der Waals surface area contributed by atoms with Crippen LogP contribution in [0, 0.1) is 5.82 Å². The van der Waals surface area contributed by atoms with Crippen molar-refractivity contribution in [3.8, 4) is 0 Å². The lowest BCUT2D eigenvalue weighted by Crippen LogP contribution is -2.41. The Morgan fingerprint density at radius 3 is 2.40 bits per heavy atom. The molecule has 0 amide bonds. The van der Waals surface area contributed by atoms with Crippen molar-refractivity contribution in [2.45, 2.75) is 38.9 Å². The first kappa shape index (κ1) is 16.2. The molecule has 3 aromatic rings. The van der Waals surface area contributed by atoms with Crippen molar-refractivity contribution in [2.75, 3.05) is 0 Å². The molecule has 0 N–H and O–H groups in total. The molecule has 0 atom stereocenters. The Balaban J connectivity index is 1.88. The summed E-state index contributed by atoms with van der Waals surface area (Å²) in [7, 11) is -0.635. The van der Waals surface area contributed by atoms with Gasteiger partial charge in [0, 0.05) is 17.0 Å². The summed E-state index contributed by atoms with van der Waals surface area (Å²) in [4.78, 5) is 16.7. The molecule has 1 aliphatic heterocycles. The summed E-state index contributed by atoms with van der Waals surface area (Å²) < 4.78 is 30.8. The maximum Gasteiger partial charge on any atom is 0.496 e. The number of aromatic nitrogens is 1. The first-order valence-electron chi connectivity index (χ1n) is 8.06. The molecule has 0 saturated carbocycles. The second kappa shape index (κ2) is 5.13. The van der Waals surface area contributed by atoms with E-state index in [9.17, 15) is 9.18 Å². The minimum absolute atomic E-state index is 0.269. The third-order valence-electron chi connectivity index (χ3n) is 5.05. The fourth-order valence-electron chi connectivity index (χ4n) is 2.89. The van der Waals surface area contributed by atoms with E-state index in [1.165, 1.54) is 18.2 Å². The highest BCUT2D eigenvalue weighted by atomic mass is 19.1. The Labute approximate surface area is 143 Å². The van der Waals surface area contributed by atoms with Crippen LogP contribution in [0.15, 0.2) is 39.7 Å². The van der Waals surface area contributed by atoms with Crippen LogP contribution in [0.1, 0.15) is 27.7 Å². The Hall–Kier alpha value is -2.25. The molecule has 5 nitrogen and oxygen atoms in total. The third kappa shape index (κ3) is 2.46. The molecule has 3 heterocycles. The van der Waals surface area contributed by atoms with Gasteiger partial charge in [-0.15, -0.1) is 0 Å². The number of nitrogens with zero attached hydrogens (tertiary/aromatic N) is 1. The molecule has 0 radical (unpaired) electrons. The fourth-order valence-corrected chi connectivity index (χ4v) is 2.89. The van der Waals surface area contributed by atoms with Gasteiger partial charge in [-0.2, -0.15) is 0 Å². The van der Waals surface area contributed by atoms with E-state index >= 15 is 0 Å². The summed E-state index contributed by atoms with van der Waals surface area (Å²) in [6, 6.07) is 5.62. The van der Waals surface area contributed by atoms with Gasteiger partial charge in [0.1, 0.15) is 11.4 Å². The molecule has 0 aliphatic carbocycles. The molecule has 1 fully saturated rings. The molecule has 0 bridgehead atoms. The van der Waals surface area contributed by atoms with Crippen LogP contribution in [0.4, 0.5) is 4.39 Å². The number of benzene rings is 1. The normalized spacial score (nSPS) is 19.0. The highest BCUT2D eigenvalue weighted by Crippen LogP contribution is 2.36. The average molecular weight is 341 g/mol. The lowest BCUT2D eigenvalue weighted by atomic mass is 9.80. The summed E-state index contributed by atoms with van der Waals surface area (Å²) in [5, 5.41) is 0.723. The second-order valence-electron chi connectivity index (χ2n) is 7.28. The van der Waals surface area contributed by atoms with Crippen molar-refractivity contribution in [2.24, 2.45) is 0 Å². The lowest BCUT2D eigenvalue weighted by molar-refractivity contribution is 0.00578. The van der Waals surface area contributed by atoms with Crippen molar-refractivity contribution < 1.29 is 18.1 Å². The van der Waals surface area contributed by atoms with E-state index in [-0.39, 0.29) is 5.39 Å². The van der Waals surface area contributed by atoms with Crippen LogP contribution in [0.2, 0.25) is 0 Å². The van der Waals surface area contributed by atoms with Crippen LogP contribution >= 0.6 is 0 Å². The van der Waals surface area contributed by atoms with Gasteiger partial charge in [0.05, 0.1) is 22.1 Å². The number of halogens is 1. The molecule has 128 valence electrons. The molecule has 1 saturated heterocycles. The van der Waals surface area contributed by atoms with Gasteiger partial charge >= 0.3 is 12.7 Å². The monoisotopic (exact) mass is 341 g/mol. The molecular weight excluding hydrogens is 324 g/mol. The molecule has 25 heavy (non-hydrogen) atoms. The zero-order valence-corrected chi connectivity index (χ0v) is 14.4. The number of fused-ring (bicyclic) bond motifs is 3. The zero-order valence-electron chi connectivity index (χ0n) is 14.4. The molecule has 4 rings (SSSR count). The predicted molar refractivity (Wildman–Crippen MR) is 93.5 cm³/mol. The van der Waals surface area contributed by atoms with Gasteiger partial charge in [0.15, 0.2) is 0 Å². The van der Waals surface area contributed by atoms with E-state index in [1.54, 1.807) is 12.3 Å². The van der Waals surface area contributed by atoms with Crippen LogP contribution in [0.5, 0.6) is 0 Å². The van der Waals surface area contributed by atoms with Gasteiger partial charge in [-0.3, -0.25) is 4.98 Å². The van der Waals surface area contributed by atoms with Gasteiger partial charge in [-0.25, -0.2) is 9.18 Å². The Morgan fingerprint density at radius 2 is 1.72 bits per heavy atom. The summed E-state index contributed by atoms with van der Waals surface area (Å²) in [6.07, 6.45) is 1.59. The molecule has 0 unspecified atom stereocenters. The SMILES string of the molecule is CC1(C)OB(c2cnc3c(c2)c(=O)oc2ccc(F)cc23)OC1(C)C. The van der Waals surface area contributed by atoms with Crippen molar-refractivity contribution in [1.29, 1.82) is 0 Å². The zero-order chi connectivity index (χ0) is 18.0. The standard InChI is InChI=1S/C18H17BFNO4/c1-17(2)18(3,4)25-19(24-17)10-7-13-15(21-9-10)12-8-11(20)5-6-14(12)23-16(13)22/h5-9H,1-4H3. The van der Waals surface area contributed by atoms with Gasteiger partial charge in [-0.1, -0.05) is 0 Å². The van der Waals surface area contributed by atoms with Gasteiger partial charge in [0.25, 0.3) is 0 Å². The minimum Gasteiger partial charge on any atom is -0.422 e. The largest absolute Gasteiger partial charge is 0.496 e. The van der Waals surface area contributed by atoms with Gasteiger partial charge in [-0.05, 0) is 52.0 Å². The highest BCUT2D eigenvalue weighted by molar-refractivity contribution is 6.62. The summed E-state index contributed by atoms with van der Waals surface area (Å²) in [6.45, 7) is 7.80. The molecule has 0 spiro atoms. The van der Waals surface area contributed by atoms with Crippen LogP contribution in [0.3, 0.4) is 0 Å². The summed E-state index contributed by atoms with van der Waals surface area (Å²) >= 11 is 0.